The number of carboxylic acids is 1. The Morgan fingerprint density at radius 2 is 2.14 bits per heavy atom. The Morgan fingerprint density at radius 1 is 1.38 bits per heavy atom. The van der Waals surface area contributed by atoms with Crippen molar-refractivity contribution in [3.8, 4) is 11.6 Å². The van der Waals surface area contributed by atoms with Crippen molar-refractivity contribution in [1.82, 2.24) is 4.98 Å². The topological polar surface area (TPSA) is 68.7 Å². The van der Waals surface area contributed by atoms with Crippen LogP contribution < -0.4 is 9.47 Å². The molecule has 0 aliphatic carbocycles. The maximum absolute atomic E-state index is 11.2. The Bertz CT molecular complexity index is 676. The lowest BCUT2D eigenvalue weighted by Crippen LogP contribution is -2.05. The van der Waals surface area contributed by atoms with Gasteiger partial charge in [-0.15, -0.1) is 0 Å². The van der Waals surface area contributed by atoms with Crippen molar-refractivity contribution in [3.63, 3.8) is 0 Å². The molecule has 1 aromatic carbocycles. The van der Waals surface area contributed by atoms with Gasteiger partial charge in [-0.25, -0.2) is 9.78 Å². The minimum atomic E-state index is -1.17. The molecular formula is C14H11Cl2NO4. The highest BCUT2D eigenvalue weighted by Crippen LogP contribution is 2.33. The Hall–Kier alpha value is -1.98. The standard InChI is InChI=1S/C14H11Cl2NO4/c1-20-13-8(3-2-4-17-13)7-21-12-10(14(18)19)5-9(15)6-11(12)16/h2-6H,7H2,1H3,(H,18,19). The van der Waals surface area contributed by atoms with Crippen molar-refractivity contribution in [2.45, 2.75) is 6.61 Å². The Balaban J connectivity index is 2.30. The second-order valence-electron chi connectivity index (χ2n) is 4.03. The Kier molecular flexibility index (Phi) is 4.88. The van der Waals surface area contributed by atoms with E-state index in [0.717, 1.165) is 0 Å². The molecule has 0 bridgehead atoms. The van der Waals surface area contributed by atoms with Crippen LogP contribution in [0.1, 0.15) is 15.9 Å². The van der Waals surface area contributed by atoms with E-state index in [4.69, 9.17) is 32.7 Å². The maximum Gasteiger partial charge on any atom is 0.339 e. The number of rotatable bonds is 5. The molecule has 1 heterocycles. The lowest BCUT2D eigenvalue weighted by atomic mass is 10.2. The number of nitrogens with zero attached hydrogens (tertiary/aromatic N) is 1. The van der Waals surface area contributed by atoms with E-state index in [0.29, 0.717) is 11.4 Å². The van der Waals surface area contributed by atoms with Crippen molar-refractivity contribution in [1.29, 1.82) is 0 Å². The zero-order chi connectivity index (χ0) is 15.4. The van der Waals surface area contributed by atoms with Crippen LogP contribution in [-0.4, -0.2) is 23.2 Å². The van der Waals surface area contributed by atoms with Crippen LogP contribution in [-0.2, 0) is 6.61 Å². The van der Waals surface area contributed by atoms with Gasteiger partial charge in [-0.05, 0) is 24.3 Å². The van der Waals surface area contributed by atoms with Crippen molar-refractivity contribution < 1.29 is 19.4 Å². The third kappa shape index (κ3) is 3.56. The number of aromatic nitrogens is 1. The summed E-state index contributed by atoms with van der Waals surface area (Å²) < 4.78 is 10.6. The molecule has 21 heavy (non-hydrogen) atoms. The molecule has 0 atom stereocenters. The molecule has 0 unspecified atom stereocenters. The quantitative estimate of drug-likeness (QED) is 0.907. The van der Waals surface area contributed by atoms with Crippen molar-refractivity contribution >= 4 is 29.2 Å². The molecular weight excluding hydrogens is 317 g/mol. The molecule has 0 aliphatic rings. The molecule has 0 spiro atoms. The van der Waals surface area contributed by atoms with Gasteiger partial charge in [0.2, 0.25) is 5.88 Å². The summed E-state index contributed by atoms with van der Waals surface area (Å²) in [6, 6.07) is 6.19. The maximum atomic E-state index is 11.2. The van der Waals surface area contributed by atoms with E-state index in [-0.39, 0.29) is 28.0 Å². The minimum absolute atomic E-state index is 0.0551. The van der Waals surface area contributed by atoms with E-state index in [1.165, 1.54) is 19.2 Å². The van der Waals surface area contributed by atoms with Crippen LogP contribution in [0.4, 0.5) is 0 Å². The highest BCUT2D eigenvalue weighted by Gasteiger charge is 2.17. The molecule has 0 saturated carbocycles. The van der Waals surface area contributed by atoms with Gasteiger partial charge in [0.25, 0.3) is 0 Å². The fourth-order valence-corrected chi connectivity index (χ4v) is 2.28. The molecule has 5 nitrogen and oxygen atoms in total. The number of benzene rings is 1. The smallest absolute Gasteiger partial charge is 0.339 e. The summed E-state index contributed by atoms with van der Waals surface area (Å²) in [5, 5.41) is 9.53. The summed E-state index contributed by atoms with van der Waals surface area (Å²) in [4.78, 5) is 15.3. The minimum Gasteiger partial charge on any atom is -0.486 e. The summed E-state index contributed by atoms with van der Waals surface area (Å²) in [6.45, 7) is 0.0681. The summed E-state index contributed by atoms with van der Waals surface area (Å²) in [5.41, 5.74) is 0.567. The molecule has 1 aromatic heterocycles. The van der Waals surface area contributed by atoms with Gasteiger partial charge in [-0.3, -0.25) is 0 Å². The Labute approximate surface area is 131 Å². The first-order valence-corrected chi connectivity index (χ1v) is 6.61. The average molecular weight is 328 g/mol. The number of pyridine rings is 1. The van der Waals surface area contributed by atoms with E-state index >= 15 is 0 Å². The van der Waals surface area contributed by atoms with E-state index in [1.807, 2.05) is 0 Å². The predicted molar refractivity (Wildman–Crippen MR) is 78.5 cm³/mol. The molecule has 2 aromatic rings. The lowest BCUT2D eigenvalue weighted by molar-refractivity contribution is 0.0691. The van der Waals surface area contributed by atoms with Gasteiger partial charge >= 0.3 is 5.97 Å². The van der Waals surface area contributed by atoms with Crippen LogP contribution in [0.15, 0.2) is 30.5 Å². The number of hydrogen-bond acceptors (Lipinski definition) is 4. The van der Waals surface area contributed by atoms with Crippen molar-refractivity contribution in [3.05, 3.63) is 51.6 Å². The molecule has 0 aliphatic heterocycles. The van der Waals surface area contributed by atoms with Gasteiger partial charge < -0.3 is 14.6 Å². The Morgan fingerprint density at radius 3 is 2.81 bits per heavy atom. The second-order valence-corrected chi connectivity index (χ2v) is 4.87. The number of carboxylic acid groups (broad SMARTS) is 1. The first-order chi connectivity index (χ1) is 10.0. The largest absolute Gasteiger partial charge is 0.486 e. The summed E-state index contributed by atoms with van der Waals surface area (Å²) in [5.74, 6) is -0.716. The third-order valence-electron chi connectivity index (χ3n) is 2.65. The first kappa shape index (κ1) is 15.4. The normalized spacial score (nSPS) is 10.2. The zero-order valence-electron chi connectivity index (χ0n) is 11.0. The van der Waals surface area contributed by atoms with Crippen LogP contribution in [0.2, 0.25) is 10.0 Å². The number of hydrogen-bond donors (Lipinski definition) is 1. The van der Waals surface area contributed by atoms with E-state index in [2.05, 4.69) is 4.98 Å². The van der Waals surface area contributed by atoms with Gasteiger partial charge in [0.05, 0.1) is 17.7 Å². The van der Waals surface area contributed by atoms with Gasteiger partial charge in [0.15, 0.2) is 5.75 Å². The lowest BCUT2D eigenvalue weighted by Gasteiger charge is -2.12. The molecule has 0 fully saturated rings. The van der Waals surface area contributed by atoms with Crippen LogP contribution in [0.5, 0.6) is 11.6 Å². The fraction of sp³-hybridized carbons (Fsp3) is 0.143. The van der Waals surface area contributed by atoms with Gasteiger partial charge in [0, 0.05) is 11.2 Å². The monoisotopic (exact) mass is 327 g/mol. The zero-order valence-corrected chi connectivity index (χ0v) is 12.5. The highest BCUT2D eigenvalue weighted by molar-refractivity contribution is 6.36. The fourth-order valence-electron chi connectivity index (χ4n) is 1.73. The molecule has 0 radical (unpaired) electrons. The molecule has 1 N–H and O–H groups in total. The number of methoxy groups -OCH3 is 1. The summed E-state index contributed by atoms with van der Waals surface area (Å²) in [7, 11) is 1.49. The van der Waals surface area contributed by atoms with Crippen LogP contribution in [0.3, 0.4) is 0 Å². The van der Waals surface area contributed by atoms with Gasteiger partial charge in [-0.2, -0.15) is 0 Å². The van der Waals surface area contributed by atoms with Crippen molar-refractivity contribution in [2.75, 3.05) is 7.11 Å². The van der Waals surface area contributed by atoms with Crippen molar-refractivity contribution in [2.24, 2.45) is 0 Å². The average Bonchev–Trinajstić information content (AvgIpc) is 2.45. The molecule has 2 rings (SSSR count). The van der Waals surface area contributed by atoms with E-state index < -0.39 is 5.97 Å². The third-order valence-corrected chi connectivity index (χ3v) is 3.15. The summed E-state index contributed by atoms with van der Waals surface area (Å²) >= 11 is 11.8. The molecule has 110 valence electrons. The number of carbonyl (C=O) groups is 1. The molecule has 0 saturated heterocycles. The van der Waals surface area contributed by atoms with Crippen LogP contribution in [0, 0.1) is 0 Å². The van der Waals surface area contributed by atoms with Gasteiger partial charge in [0.1, 0.15) is 12.2 Å². The summed E-state index contributed by atoms with van der Waals surface area (Å²) in [6.07, 6.45) is 1.58. The van der Waals surface area contributed by atoms with Crippen LogP contribution >= 0.6 is 23.2 Å². The second kappa shape index (κ2) is 6.65. The molecule has 7 heteroatoms. The van der Waals surface area contributed by atoms with E-state index in [9.17, 15) is 9.90 Å². The highest BCUT2D eigenvalue weighted by atomic mass is 35.5. The van der Waals surface area contributed by atoms with E-state index in [1.54, 1.807) is 18.3 Å². The SMILES string of the molecule is COc1ncccc1COc1c(Cl)cc(Cl)cc1C(=O)O. The van der Waals surface area contributed by atoms with Crippen LogP contribution in [0.25, 0.3) is 0 Å². The molecule has 0 amide bonds. The number of halogens is 2. The number of ether oxygens (including phenoxy) is 2. The number of aromatic carboxylic acids is 1. The van der Waals surface area contributed by atoms with Gasteiger partial charge in [-0.1, -0.05) is 23.2 Å². The first-order valence-electron chi connectivity index (χ1n) is 5.86. The predicted octanol–water partition coefficient (Wildman–Crippen LogP) is 3.67.